The quantitative estimate of drug-likeness (QED) is 0.276. The van der Waals surface area contributed by atoms with Gasteiger partial charge in [-0.3, -0.25) is 9.78 Å². The molecule has 180 valence electrons. The van der Waals surface area contributed by atoms with Crippen LogP contribution in [0, 0.1) is 6.92 Å². The van der Waals surface area contributed by atoms with Gasteiger partial charge in [0.25, 0.3) is 0 Å². The van der Waals surface area contributed by atoms with E-state index in [0.29, 0.717) is 21.9 Å². The van der Waals surface area contributed by atoms with E-state index < -0.39 is 6.10 Å². The Morgan fingerprint density at radius 3 is 2.50 bits per heavy atom. The summed E-state index contributed by atoms with van der Waals surface area (Å²) in [5.41, 5.74) is 5.05. The Morgan fingerprint density at radius 2 is 1.75 bits per heavy atom. The Bertz CT molecular complexity index is 1500. The molecular weight excluding hydrogens is 472 g/mol. The van der Waals surface area contributed by atoms with Crippen molar-refractivity contribution in [2.75, 3.05) is 0 Å². The molecule has 2 aromatic heterocycles. The highest BCUT2D eigenvalue weighted by atomic mass is 35.5. The molecule has 0 radical (unpaired) electrons. The second-order valence-corrected chi connectivity index (χ2v) is 9.22. The van der Waals surface area contributed by atoms with Gasteiger partial charge in [0.1, 0.15) is 17.4 Å². The lowest BCUT2D eigenvalue weighted by Gasteiger charge is -2.21. The highest BCUT2D eigenvalue weighted by molar-refractivity contribution is 6.31. The zero-order valence-corrected chi connectivity index (χ0v) is 20.4. The van der Waals surface area contributed by atoms with Crippen LogP contribution in [0.4, 0.5) is 0 Å². The molecule has 5 aromatic rings. The fourth-order valence-corrected chi connectivity index (χ4v) is 4.66. The molecule has 2 N–H and O–H groups in total. The lowest BCUT2D eigenvalue weighted by Crippen LogP contribution is -2.30. The van der Waals surface area contributed by atoms with Crippen molar-refractivity contribution in [1.82, 2.24) is 10.3 Å². The number of pyridine rings is 1. The molecule has 0 saturated carbocycles. The number of hydrogen-bond donors (Lipinski definition) is 2. The van der Waals surface area contributed by atoms with Gasteiger partial charge >= 0.3 is 0 Å². The molecule has 0 aliphatic heterocycles. The Kier molecular flexibility index (Phi) is 6.85. The number of aliphatic hydroxyl groups excluding tert-OH is 1. The molecule has 2 heterocycles. The minimum Gasteiger partial charge on any atom is -0.458 e. The number of rotatable bonds is 7. The number of aryl methyl sites for hydroxylation is 1. The molecule has 0 spiro atoms. The summed E-state index contributed by atoms with van der Waals surface area (Å²) in [4.78, 5) is 17.1. The first-order valence-electron chi connectivity index (χ1n) is 11.7. The third-order valence-corrected chi connectivity index (χ3v) is 6.49. The van der Waals surface area contributed by atoms with Crippen molar-refractivity contribution in [3.63, 3.8) is 0 Å². The Balaban J connectivity index is 1.36. The number of fused-ring (bicyclic) bond motifs is 1. The average molecular weight is 497 g/mol. The first kappa shape index (κ1) is 23.8. The zero-order valence-electron chi connectivity index (χ0n) is 19.7. The molecule has 3 aromatic carbocycles. The highest BCUT2D eigenvalue weighted by Crippen LogP contribution is 2.31. The van der Waals surface area contributed by atoms with Crippen LogP contribution >= 0.6 is 11.6 Å². The van der Waals surface area contributed by atoms with Crippen molar-refractivity contribution >= 4 is 28.5 Å². The number of halogens is 1. The first-order chi connectivity index (χ1) is 17.5. The molecule has 36 heavy (non-hydrogen) atoms. The first-order valence-corrected chi connectivity index (χ1v) is 12.1. The third-order valence-electron chi connectivity index (χ3n) is 6.16. The molecule has 0 saturated heterocycles. The van der Waals surface area contributed by atoms with Crippen molar-refractivity contribution < 1.29 is 14.3 Å². The number of furan rings is 1. The van der Waals surface area contributed by atoms with E-state index in [4.69, 9.17) is 16.0 Å². The molecule has 0 fully saturated rings. The van der Waals surface area contributed by atoms with Crippen molar-refractivity contribution in [2.45, 2.75) is 25.5 Å². The van der Waals surface area contributed by atoms with Gasteiger partial charge in [-0.05, 0) is 71.1 Å². The van der Waals surface area contributed by atoms with Gasteiger partial charge in [-0.25, -0.2) is 0 Å². The summed E-state index contributed by atoms with van der Waals surface area (Å²) < 4.78 is 5.86. The van der Waals surface area contributed by atoms with Crippen LogP contribution in [-0.2, 0) is 11.2 Å². The normalized spacial score (nSPS) is 12.9. The number of amides is 1. The summed E-state index contributed by atoms with van der Waals surface area (Å²) in [6.45, 7) is 1.99. The van der Waals surface area contributed by atoms with E-state index in [-0.39, 0.29) is 18.4 Å². The standard InChI is InChI=1S/C30H25ClN2O3/c1-19-7-9-24(25(31)15-19)29(21-5-3-2-4-6-21)33-28(34)17-20-8-10-26-23(16-20)18-27(36-26)30(35)22-11-13-32-14-12-22/h2-16,18,29-30,35H,17H2,1H3,(H,33,34). The maximum absolute atomic E-state index is 13.2. The van der Waals surface area contributed by atoms with E-state index in [1.54, 1.807) is 30.6 Å². The highest BCUT2D eigenvalue weighted by Gasteiger charge is 2.20. The molecule has 6 heteroatoms. The minimum atomic E-state index is -0.891. The topological polar surface area (TPSA) is 75.4 Å². The molecule has 0 aliphatic carbocycles. The van der Waals surface area contributed by atoms with E-state index in [2.05, 4.69) is 10.3 Å². The molecule has 5 rings (SSSR count). The van der Waals surface area contributed by atoms with Gasteiger partial charge in [-0.2, -0.15) is 0 Å². The van der Waals surface area contributed by atoms with Crippen LogP contribution in [0.25, 0.3) is 11.0 Å². The smallest absolute Gasteiger partial charge is 0.225 e. The largest absolute Gasteiger partial charge is 0.458 e. The van der Waals surface area contributed by atoms with Crippen molar-refractivity contribution in [1.29, 1.82) is 0 Å². The molecule has 0 aliphatic rings. The predicted octanol–water partition coefficient (Wildman–Crippen LogP) is 6.32. The van der Waals surface area contributed by atoms with E-state index >= 15 is 0 Å². The van der Waals surface area contributed by atoms with Gasteiger partial charge < -0.3 is 14.8 Å². The van der Waals surface area contributed by atoms with E-state index in [1.165, 1.54) is 0 Å². The summed E-state index contributed by atoms with van der Waals surface area (Å²) in [6.07, 6.45) is 2.56. The number of carbonyl (C=O) groups excluding carboxylic acids is 1. The van der Waals surface area contributed by atoms with Gasteiger partial charge in [0, 0.05) is 22.8 Å². The van der Waals surface area contributed by atoms with Gasteiger partial charge in [-0.15, -0.1) is 0 Å². The molecule has 5 nitrogen and oxygen atoms in total. The maximum atomic E-state index is 13.2. The lowest BCUT2D eigenvalue weighted by atomic mass is 9.97. The number of hydrogen-bond acceptors (Lipinski definition) is 4. The Hall–Kier alpha value is -3.93. The second-order valence-electron chi connectivity index (χ2n) is 8.82. The molecule has 2 unspecified atom stereocenters. The van der Waals surface area contributed by atoms with Crippen molar-refractivity contribution in [3.05, 3.63) is 136 Å². The predicted molar refractivity (Wildman–Crippen MR) is 141 cm³/mol. The summed E-state index contributed by atoms with van der Waals surface area (Å²) in [5.74, 6) is 0.316. The van der Waals surface area contributed by atoms with Crippen LogP contribution in [0.15, 0.2) is 102 Å². The minimum absolute atomic E-state index is 0.125. The fraction of sp³-hybridized carbons (Fsp3) is 0.133. The number of aromatic nitrogens is 1. The summed E-state index contributed by atoms with van der Waals surface area (Å²) >= 11 is 6.57. The number of aliphatic hydroxyl groups is 1. The second kappa shape index (κ2) is 10.4. The maximum Gasteiger partial charge on any atom is 0.225 e. The van der Waals surface area contributed by atoms with Crippen LogP contribution in [0.2, 0.25) is 5.02 Å². The Labute approximate surface area is 214 Å². The summed E-state index contributed by atoms with van der Waals surface area (Å²) in [5, 5.41) is 15.3. The van der Waals surface area contributed by atoms with E-state index in [9.17, 15) is 9.90 Å². The van der Waals surface area contributed by atoms with Crippen LogP contribution in [0.5, 0.6) is 0 Å². The molecule has 1 amide bonds. The monoisotopic (exact) mass is 496 g/mol. The number of nitrogens with zero attached hydrogens (tertiary/aromatic N) is 1. The lowest BCUT2D eigenvalue weighted by molar-refractivity contribution is -0.120. The van der Waals surface area contributed by atoms with Gasteiger partial charge in [0.15, 0.2) is 0 Å². The van der Waals surface area contributed by atoms with E-state index in [0.717, 1.165) is 27.6 Å². The van der Waals surface area contributed by atoms with Crippen molar-refractivity contribution in [2.24, 2.45) is 0 Å². The van der Waals surface area contributed by atoms with Crippen LogP contribution < -0.4 is 5.32 Å². The van der Waals surface area contributed by atoms with Crippen LogP contribution in [0.1, 0.15) is 45.7 Å². The summed E-state index contributed by atoms with van der Waals surface area (Å²) in [7, 11) is 0. The number of nitrogens with one attached hydrogen (secondary N) is 1. The summed E-state index contributed by atoms with van der Waals surface area (Å²) in [6, 6.07) is 26.2. The molecule has 0 bridgehead atoms. The molecule has 2 atom stereocenters. The van der Waals surface area contributed by atoms with Gasteiger partial charge in [0.05, 0.1) is 12.5 Å². The zero-order chi connectivity index (χ0) is 25.1. The molecular formula is C30H25ClN2O3. The average Bonchev–Trinajstić information content (AvgIpc) is 3.32. The van der Waals surface area contributed by atoms with Gasteiger partial charge in [-0.1, -0.05) is 60.1 Å². The fourth-order valence-electron chi connectivity index (χ4n) is 4.32. The van der Waals surface area contributed by atoms with Crippen LogP contribution in [0.3, 0.4) is 0 Å². The van der Waals surface area contributed by atoms with Gasteiger partial charge in [0.2, 0.25) is 5.91 Å². The third kappa shape index (κ3) is 5.18. The Morgan fingerprint density at radius 1 is 0.972 bits per heavy atom. The van der Waals surface area contributed by atoms with Crippen LogP contribution in [-0.4, -0.2) is 16.0 Å². The van der Waals surface area contributed by atoms with E-state index in [1.807, 2.05) is 73.7 Å². The van der Waals surface area contributed by atoms with Crippen molar-refractivity contribution in [3.8, 4) is 0 Å². The number of benzene rings is 3. The SMILES string of the molecule is Cc1ccc(C(NC(=O)Cc2ccc3oc(C(O)c4ccncc4)cc3c2)c2ccccc2)c(Cl)c1. The number of carbonyl (C=O) groups is 1.